The standard InChI is InChI=1S/C18H26N2O2/c1-12(19)18(8-9-18)14-5-6-15-13(11-14)7-10-20(15)16(21)22-17(2,3)4/h5-6,11-12H,7-10,19H2,1-4H3. The predicted molar refractivity (Wildman–Crippen MR) is 88.3 cm³/mol. The van der Waals surface area contributed by atoms with Crippen molar-refractivity contribution in [3.63, 3.8) is 0 Å². The maximum atomic E-state index is 12.3. The zero-order valence-corrected chi connectivity index (χ0v) is 14.0. The summed E-state index contributed by atoms with van der Waals surface area (Å²) in [6, 6.07) is 6.62. The molecule has 2 N–H and O–H groups in total. The highest BCUT2D eigenvalue weighted by molar-refractivity contribution is 5.90. The molecule has 4 nitrogen and oxygen atoms in total. The molecular weight excluding hydrogens is 276 g/mol. The molecule has 1 amide bonds. The summed E-state index contributed by atoms with van der Waals surface area (Å²) in [4.78, 5) is 14.1. The van der Waals surface area contributed by atoms with Gasteiger partial charge in [-0.15, -0.1) is 0 Å². The molecule has 2 aliphatic rings. The number of carbonyl (C=O) groups is 1. The second-order valence-electron chi connectivity index (χ2n) is 7.67. The molecule has 120 valence electrons. The Morgan fingerprint density at radius 2 is 2.05 bits per heavy atom. The molecule has 1 saturated carbocycles. The van der Waals surface area contributed by atoms with Crippen molar-refractivity contribution >= 4 is 11.8 Å². The van der Waals surface area contributed by atoms with E-state index in [4.69, 9.17) is 10.5 Å². The van der Waals surface area contributed by atoms with E-state index >= 15 is 0 Å². The van der Waals surface area contributed by atoms with E-state index in [-0.39, 0.29) is 17.6 Å². The van der Waals surface area contributed by atoms with E-state index in [1.165, 1.54) is 24.0 Å². The van der Waals surface area contributed by atoms with E-state index in [9.17, 15) is 4.79 Å². The third kappa shape index (κ3) is 2.60. The molecule has 1 aliphatic carbocycles. The van der Waals surface area contributed by atoms with Crippen molar-refractivity contribution in [3.8, 4) is 0 Å². The van der Waals surface area contributed by atoms with Gasteiger partial charge in [-0.2, -0.15) is 0 Å². The molecular formula is C18H26N2O2. The first-order valence-corrected chi connectivity index (χ1v) is 8.12. The smallest absolute Gasteiger partial charge is 0.414 e. The predicted octanol–water partition coefficient (Wildman–Crippen LogP) is 3.36. The Morgan fingerprint density at radius 3 is 2.59 bits per heavy atom. The minimum absolute atomic E-state index is 0.161. The van der Waals surface area contributed by atoms with E-state index in [0.717, 1.165) is 12.1 Å². The molecule has 1 unspecified atom stereocenters. The summed E-state index contributed by atoms with van der Waals surface area (Å²) in [7, 11) is 0. The molecule has 22 heavy (non-hydrogen) atoms. The van der Waals surface area contributed by atoms with Gasteiger partial charge in [-0.05, 0) is 64.2 Å². The lowest BCUT2D eigenvalue weighted by molar-refractivity contribution is 0.0584. The molecule has 1 aliphatic heterocycles. The maximum Gasteiger partial charge on any atom is 0.414 e. The molecule has 3 rings (SSSR count). The lowest BCUT2D eigenvalue weighted by atomic mass is 9.88. The highest BCUT2D eigenvalue weighted by atomic mass is 16.6. The quantitative estimate of drug-likeness (QED) is 0.911. The average molecular weight is 302 g/mol. The SMILES string of the molecule is CC(N)C1(c2ccc3c(c2)CCN3C(=O)OC(C)(C)C)CC1. The minimum atomic E-state index is -0.465. The van der Waals surface area contributed by atoms with E-state index in [1.54, 1.807) is 4.90 Å². The minimum Gasteiger partial charge on any atom is -0.443 e. The van der Waals surface area contributed by atoms with Crippen molar-refractivity contribution in [1.29, 1.82) is 0 Å². The van der Waals surface area contributed by atoms with Gasteiger partial charge >= 0.3 is 6.09 Å². The highest BCUT2D eigenvalue weighted by Crippen LogP contribution is 2.51. The summed E-state index contributed by atoms with van der Waals surface area (Å²) in [5.74, 6) is 0. The molecule has 1 aromatic carbocycles. The van der Waals surface area contributed by atoms with Crippen molar-refractivity contribution in [2.24, 2.45) is 5.73 Å². The first kappa shape index (κ1) is 15.3. The second kappa shape index (κ2) is 4.98. The lowest BCUT2D eigenvalue weighted by Crippen LogP contribution is -2.35. The van der Waals surface area contributed by atoms with Crippen LogP contribution in [0.25, 0.3) is 0 Å². The lowest BCUT2D eigenvalue weighted by Gasteiger charge is -2.25. The number of anilines is 1. The summed E-state index contributed by atoms with van der Waals surface area (Å²) in [6.45, 7) is 8.46. The number of nitrogens with zero attached hydrogens (tertiary/aromatic N) is 1. The fraction of sp³-hybridized carbons (Fsp3) is 0.611. The summed E-state index contributed by atoms with van der Waals surface area (Å²) in [6.07, 6.45) is 2.96. The Kier molecular flexibility index (Phi) is 3.48. The van der Waals surface area contributed by atoms with Crippen LogP contribution >= 0.6 is 0 Å². The summed E-state index contributed by atoms with van der Waals surface area (Å²) in [5, 5.41) is 0. The Bertz CT molecular complexity index is 598. The number of nitrogens with two attached hydrogens (primary N) is 1. The summed E-state index contributed by atoms with van der Waals surface area (Å²) < 4.78 is 5.49. The molecule has 0 spiro atoms. The van der Waals surface area contributed by atoms with Crippen molar-refractivity contribution in [2.45, 2.75) is 64.0 Å². The molecule has 0 bridgehead atoms. The number of benzene rings is 1. The summed E-state index contributed by atoms with van der Waals surface area (Å²) >= 11 is 0. The molecule has 0 radical (unpaired) electrons. The van der Waals surface area contributed by atoms with Crippen LogP contribution in [0.15, 0.2) is 18.2 Å². The van der Waals surface area contributed by atoms with Crippen molar-refractivity contribution < 1.29 is 9.53 Å². The number of hydrogen-bond donors (Lipinski definition) is 1. The second-order valence-corrected chi connectivity index (χ2v) is 7.67. The van der Waals surface area contributed by atoms with Gasteiger partial charge in [0.2, 0.25) is 0 Å². The van der Waals surface area contributed by atoms with Crippen LogP contribution in [0.4, 0.5) is 10.5 Å². The van der Waals surface area contributed by atoms with E-state index in [2.05, 4.69) is 25.1 Å². The first-order chi connectivity index (χ1) is 10.2. The molecule has 0 aromatic heterocycles. The Balaban J connectivity index is 1.83. The normalized spacial score (nSPS) is 20.5. The third-order valence-corrected chi connectivity index (χ3v) is 4.82. The topological polar surface area (TPSA) is 55.6 Å². The van der Waals surface area contributed by atoms with Gasteiger partial charge in [0.05, 0.1) is 5.69 Å². The monoisotopic (exact) mass is 302 g/mol. The van der Waals surface area contributed by atoms with Gasteiger partial charge in [-0.25, -0.2) is 4.79 Å². The molecule has 1 fully saturated rings. The van der Waals surface area contributed by atoms with Gasteiger partial charge in [0.25, 0.3) is 0 Å². The van der Waals surface area contributed by atoms with Gasteiger partial charge in [0, 0.05) is 18.0 Å². The fourth-order valence-electron chi connectivity index (χ4n) is 3.36. The van der Waals surface area contributed by atoms with Gasteiger partial charge in [0.1, 0.15) is 5.60 Å². The van der Waals surface area contributed by atoms with Gasteiger partial charge in [0.15, 0.2) is 0 Å². The average Bonchev–Trinajstić information content (AvgIpc) is 3.11. The highest BCUT2D eigenvalue weighted by Gasteiger charge is 2.47. The third-order valence-electron chi connectivity index (χ3n) is 4.82. The molecule has 1 aromatic rings. The number of fused-ring (bicyclic) bond motifs is 1. The molecule has 1 atom stereocenters. The Morgan fingerprint density at radius 1 is 1.36 bits per heavy atom. The van der Waals surface area contributed by atoms with Gasteiger partial charge < -0.3 is 10.5 Å². The fourth-order valence-corrected chi connectivity index (χ4v) is 3.36. The van der Waals surface area contributed by atoms with Crippen LogP contribution in [0.5, 0.6) is 0 Å². The van der Waals surface area contributed by atoms with Gasteiger partial charge in [-0.3, -0.25) is 4.90 Å². The van der Waals surface area contributed by atoms with Crippen molar-refractivity contribution in [2.75, 3.05) is 11.4 Å². The van der Waals surface area contributed by atoms with Crippen LogP contribution in [0.2, 0.25) is 0 Å². The van der Waals surface area contributed by atoms with Crippen molar-refractivity contribution in [3.05, 3.63) is 29.3 Å². The number of rotatable bonds is 2. The van der Waals surface area contributed by atoms with E-state index < -0.39 is 5.60 Å². The van der Waals surface area contributed by atoms with Crippen LogP contribution in [0, 0.1) is 0 Å². The van der Waals surface area contributed by atoms with E-state index in [0.29, 0.717) is 6.54 Å². The summed E-state index contributed by atoms with van der Waals surface area (Å²) in [5.41, 5.74) is 9.41. The zero-order valence-electron chi connectivity index (χ0n) is 14.0. The van der Waals surface area contributed by atoms with Crippen LogP contribution < -0.4 is 10.6 Å². The Labute approximate surface area is 132 Å². The van der Waals surface area contributed by atoms with Gasteiger partial charge in [-0.1, -0.05) is 12.1 Å². The van der Waals surface area contributed by atoms with Crippen molar-refractivity contribution in [1.82, 2.24) is 0 Å². The number of hydrogen-bond acceptors (Lipinski definition) is 3. The first-order valence-electron chi connectivity index (χ1n) is 8.12. The maximum absolute atomic E-state index is 12.3. The molecule has 1 heterocycles. The van der Waals surface area contributed by atoms with Crippen LogP contribution in [0.3, 0.4) is 0 Å². The number of carbonyl (C=O) groups excluding carboxylic acids is 1. The zero-order chi connectivity index (χ0) is 16.1. The van der Waals surface area contributed by atoms with Crippen LogP contribution in [0.1, 0.15) is 51.7 Å². The number of amides is 1. The van der Waals surface area contributed by atoms with Crippen LogP contribution in [-0.2, 0) is 16.6 Å². The number of ether oxygens (including phenoxy) is 1. The molecule has 4 heteroatoms. The molecule has 0 saturated heterocycles. The largest absolute Gasteiger partial charge is 0.443 e. The van der Waals surface area contributed by atoms with Crippen LogP contribution in [-0.4, -0.2) is 24.3 Å². The Hall–Kier alpha value is -1.55. The van der Waals surface area contributed by atoms with E-state index in [1.807, 2.05) is 20.8 Å².